The van der Waals surface area contributed by atoms with E-state index in [9.17, 15) is 20.1 Å². The molecule has 1 aliphatic heterocycles. The lowest BCUT2D eigenvalue weighted by atomic mass is 9.78. The fourth-order valence-corrected chi connectivity index (χ4v) is 4.44. The highest BCUT2D eigenvalue weighted by Gasteiger charge is 2.48. The van der Waals surface area contributed by atoms with Gasteiger partial charge < -0.3 is 31.1 Å². The number of nitrogens with two attached hydrogens (primary N) is 1. The molecule has 6 N–H and O–H groups in total. The number of likely N-dealkylation sites (N-methyl/N-ethyl adjacent to an activating group) is 1. The zero-order chi connectivity index (χ0) is 21.6. The minimum absolute atomic E-state index is 0.105. The fraction of sp³-hybridized carbons (Fsp3) is 0.684. The van der Waals surface area contributed by atoms with Gasteiger partial charge in [0.1, 0.15) is 23.3 Å². The Balaban J connectivity index is 1.72. The average molecular weight is 420 g/mol. The first-order valence-electron chi connectivity index (χ1n) is 10.3. The topological polar surface area (TPSA) is 169 Å². The molecule has 6 atom stereocenters. The first-order chi connectivity index (χ1) is 14.2. The number of anilines is 1. The Kier molecular flexibility index (Phi) is 5.39. The van der Waals surface area contributed by atoms with Crippen LogP contribution >= 0.6 is 0 Å². The molecule has 0 bridgehead atoms. The first kappa shape index (κ1) is 20.9. The van der Waals surface area contributed by atoms with Gasteiger partial charge >= 0.3 is 0 Å². The van der Waals surface area contributed by atoms with Crippen LogP contribution in [0.2, 0.25) is 0 Å². The summed E-state index contributed by atoms with van der Waals surface area (Å²) in [5.41, 5.74) is 5.44. The van der Waals surface area contributed by atoms with E-state index in [0.717, 1.165) is 12.8 Å². The predicted octanol–water partition coefficient (Wildman–Crippen LogP) is -0.438. The number of carbonyl (C=O) groups excluding carboxylic acids is 1. The van der Waals surface area contributed by atoms with Crippen LogP contribution in [0.1, 0.15) is 51.6 Å². The summed E-state index contributed by atoms with van der Waals surface area (Å²) in [4.78, 5) is 25.2. The highest BCUT2D eigenvalue weighted by Crippen LogP contribution is 2.39. The van der Waals surface area contributed by atoms with Gasteiger partial charge in [-0.25, -0.2) is 15.0 Å². The van der Waals surface area contributed by atoms with Gasteiger partial charge in [-0.05, 0) is 32.1 Å². The Hall–Kier alpha value is -2.34. The molecular formula is C19H28N6O5. The Bertz CT molecular complexity index is 951. The van der Waals surface area contributed by atoms with Crippen molar-refractivity contribution in [1.29, 1.82) is 0 Å². The second-order valence-corrected chi connectivity index (χ2v) is 8.31. The number of aliphatic hydroxyl groups excluding tert-OH is 2. The quantitative estimate of drug-likeness (QED) is 0.440. The van der Waals surface area contributed by atoms with Gasteiger partial charge in [-0.2, -0.15) is 0 Å². The molecule has 30 heavy (non-hydrogen) atoms. The van der Waals surface area contributed by atoms with Crippen molar-refractivity contribution < 1.29 is 24.9 Å². The van der Waals surface area contributed by atoms with Gasteiger partial charge in [-0.1, -0.05) is 13.3 Å². The van der Waals surface area contributed by atoms with Crippen molar-refractivity contribution in [3.63, 3.8) is 0 Å². The van der Waals surface area contributed by atoms with Gasteiger partial charge in [-0.15, -0.1) is 0 Å². The number of ether oxygens (including phenoxy) is 1. The van der Waals surface area contributed by atoms with Crippen molar-refractivity contribution in [3.05, 3.63) is 12.2 Å². The van der Waals surface area contributed by atoms with Gasteiger partial charge in [0.25, 0.3) is 5.91 Å². The molecule has 1 saturated heterocycles. The molecule has 0 aromatic carbocycles. The van der Waals surface area contributed by atoms with Crippen LogP contribution < -0.4 is 11.1 Å². The Labute approximate surface area is 173 Å². The fourth-order valence-electron chi connectivity index (χ4n) is 4.44. The van der Waals surface area contributed by atoms with Gasteiger partial charge in [0.05, 0.1) is 6.33 Å². The number of hydrogen-bond donors (Lipinski definition) is 5. The van der Waals surface area contributed by atoms with Crippen LogP contribution in [-0.2, 0) is 15.1 Å². The van der Waals surface area contributed by atoms with Crippen LogP contribution in [0.15, 0.2) is 6.33 Å². The maximum Gasteiger partial charge on any atom is 0.252 e. The predicted molar refractivity (Wildman–Crippen MR) is 106 cm³/mol. The molecule has 4 rings (SSSR count). The van der Waals surface area contributed by atoms with Crippen molar-refractivity contribution in [3.8, 4) is 0 Å². The molecule has 4 unspecified atom stereocenters. The summed E-state index contributed by atoms with van der Waals surface area (Å²) in [6, 6.07) is 0. The van der Waals surface area contributed by atoms with Gasteiger partial charge in [0.2, 0.25) is 0 Å². The standard InChI is InChI=1S/C19H28N6O5/c1-3-21-16(28)13-11(26)12(27)17(30-13)25-8-22-10-14(20)23-18(24-15(10)25)19(29)6-4-5-9(2)7-19/h8-9,11-13,17,26-27,29H,3-7H2,1-2H3,(H,21,28)(H2,20,23,24)/t9?,11?,12?,13-,17+,19?/m0/s1. The Morgan fingerprint density at radius 2 is 2.17 bits per heavy atom. The molecule has 0 radical (unpaired) electrons. The van der Waals surface area contributed by atoms with Crippen molar-refractivity contribution in [2.24, 2.45) is 5.92 Å². The first-order valence-corrected chi connectivity index (χ1v) is 10.3. The van der Waals surface area contributed by atoms with Crippen LogP contribution in [-0.4, -0.2) is 65.6 Å². The summed E-state index contributed by atoms with van der Waals surface area (Å²) in [5.74, 6) is 0.112. The summed E-state index contributed by atoms with van der Waals surface area (Å²) in [5, 5.41) is 34.6. The highest BCUT2D eigenvalue weighted by molar-refractivity contribution is 5.83. The van der Waals surface area contributed by atoms with Crippen LogP contribution in [0.5, 0.6) is 0 Å². The number of carbonyl (C=O) groups is 1. The van der Waals surface area contributed by atoms with E-state index in [1.54, 1.807) is 6.92 Å². The van der Waals surface area contributed by atoms with Gasteiger partial charge in [0.15, 0.2) is 29.6 Å². The number of rotatable bonds is 4. The van der Waals surface area contributed by atoms with Crippen molar-refractivity contribution >= 4 is 22.9 Å². The lowest BCUT2D eigenvalue weighted by Crippen LogP contribution is -2.42. The third kappa shape index (κ3) is 3.41. The number of nitrogens with one attached hydrogen (secondary N) is 1. The van der Waals surface area contributed by atoms with E-state index in [4.69, 9.17) is 10.5 Å². The molecule has 2 aliphatic rings. The summed E-state index contributed by atoms with van der Waals surface area (Å²) >= 11 is 0. The van der Waals surface area contributed by atoms with Crippen LogP contribution in [0, 0.1) is 5.92 Å². The maximum atomic E-state index is 12.2. The zero-order valence-corrected chi connectivity index (χ0v) is 17.0. The van der Waals surface area contributed by atoms with Crippen molar-refractivity contribution in [1.82, 2.24) is 24.8 Å². The molecule has 11 nitrogen and oxygen atoms in total. The molecule has 1 amide bonds. The molecule has 11 heteroatoms. The van der Waals surface area contributed by atoms with E-state index in [1.165, 1.54) is 10.9 Å². The smallest absolute Gasteiger partial charge is 0.252 e. The highest BCUT2D eigenvalue weighted by atomic mass is 16.6. The minimum Gasteiger partial charge on any atom is -0.387 e. The molecule has 0 spiro atoms. The number of nitrogens with zero attached hydrogens (tertiary/aromatic N) is 4. The van der Waals surface area contributed by atoms with Crippen LogP contribution in [0.3, 0.4) is 0 Å². The summed E-state index contributed by atoms with van der Waals surface area (Å²) in [6.45, 7) is 4.18. The van der Waals surface area contributed by atoms with Crippen molar-refractivity contribution in [2.45, 2.75) is 69.7 Å². The summed E-state index contributed by atoms with van der Waals surface area (Å²) in [6.07, 6.45) is -0.836. The number of imidazole rings is 1. The average Bonchev–Trinajstić information content (AvgIpc) is 3.24. The van der Waals surface area contributed by atoms with E-state index >= 15 is 0 Å². The number of fused-ring (bicyclic) bond motifs is 1. The molecule has 2 aromatic rings. The number of hydrogen-bond acceptors (Lipinski definition) is 9. The number of amides is 1. The van der Waals surface area contributed by atoms with E-state index in [0.29, 0.717) is 25.3 Å². The van der Waals surface area contributed by atoms with Gasteiger partial charge in [-0.3, -0.25) is 9.36 Å². The maximum absolute atomic E-state index is 12.2. The van der Waals surface area contributed by atoms with Crippen LogP contribution in [0.4, 0.5) is 5.82 Å². The lowest BCUT2D eigenvalue weighted by molar-refractivity contribution is -0.137. The molecule has 164 valence electrons. The number of aromatic nitrogens is 4. The normalized spacial score (nSPS) is 34.4. The van der Waals surface area contributed by atoms with Crippen LogP contribution in [0.25, 0.3) is 11.2 Å². The SMILES string of the molecule is CCNC(=O)[C@H]1O[C@@H](n2cnc3c(N)nc(C4(O)CCCC(C)C4)nc32)C(O)C1O. The monoisotopic (exact) mass is 420 g/mol. The van der Waals surface area contributed by atoms with Crippen molar-refractivity contribution in [2.75, 3.05) is 12.3 Å². The summed E-state index contributed by atoms with van der Waals surface area (Å²) in [7, 11) is 0. The van der Waals surface area contributed by atoms with E-state index < -0.39 is 36.0 Å². The second kappa shape index (κ2) is 7.73. The summed E-state index contributed by atoms with van der Waals surface area (Å²) < 4.78 is 7.08. The van der Waals surface area contributed by atoms with E-state index in [-0.39, 0.29) is 22.8 Å². The molecule has 2 aromatic heterocycles. The van der Waals surface area contributed by atoms with E-state index in [1.807, 2.05) is 0 Å². The second-order valence-electron chi connectivity index (χ2n) is 8.31. The Morgan fingerprint density at radius 3 is 2.87 bits per heavy atom. The molecular weight excluding hydrogens is 392 g/mol. The van der Waals surface area contributed by atoms with Gasteiger partial charge in [0, 0.05) is 6.54 Å². The third-order valence-electron chi connectivity index (χ3n) is 5.96. The molecule has 1 aliphatic carbocycles. The molecule has 2 fully saturated rings. The number of nitrogen functional groups attached to an aromatic ring is 1. The number of aliphatic hydroxyl groups is 3. The molecule has 3 heterocycles. The Morgan fingerprint density at radius 1 is 1.40 bits per heavy atom. The molecule has 1 saturated carbocycles. The third-order valence-corrected chi connectivity index (χ3v) is 5.96. The largest absolute Gasteiger partial charge is 0.387 e. The minimum atomic E-state index is -1.42. The zero-order valence-electron chi connectivity index (χ0n) is 17.0. The lowest BCUT2D eigenvalue weighted by Gasteiger charge is -2.34. The van der Waals surface area contributed by atoms with E-state index in [2.05, 4.69) is 27.2 Å².